The predicted octanol–water partition coefficient (Wildman–Crippen LogP) is 2.09. The van der Waals surface area contributed by atoms with Crippen LogP contribution in [-0.2, 0) is 4.74 Å². The van der Waals surface area contributed by atoms with Gasteiger partial charge in [-0.1, -0.05) is 0 Å². The van der Waals surface area contributed by atoms with E-state index in [2.05, 4.69) is 15.3 Å². The quantitative estimate of drug-likeness (QED) is 0.906. The number of aromatic nitrogens is 2. The lowest BCUT2D eigenvalue weighted by Crippen LogP contribution is -2.41. The molecular formula is C17H20N4O3. The Labute approximate surface area is 140 Å². The summed E-state index contributed by atoms with van der Waals surface area (Å²) in [4.78, 5) is 22.7. The minimum atomic E-state index is -0.101. The fraction of sp³-hybridized carbons (Fsp3) is 0.353. The van der Waals surface area contributed by atoms with Gasteiger partial charge < -0.3 is 19.7 Å². The van der Waals surface area contributed by atoms with Crippen molar-refractivity contribution in [3.63, 3.8) is 0 Å². The lowest BCUT2D eigenvalue weighted by atomic mass is 10.3. The molecule has 1 aromatic carbocycles. The molecule has 1 aliphatic rings. The molecule has 1 amide bonds. The fourth-order valence-corrected chi connectivity index (χ4v) is 2.40. The zero-order valence-electron chi connectivity index (χ0n) is 13.6. The van der Waals surface area contributed by atoms with Crippen molar-refractivity contribution in [2.45, 2.75) is 6.92 Å². The van der Waals surface area contributed by atoms with Crippen LogP contribution >= 0.6 is 0 Å². The van der Waals surface area contributed by atoms with Gasteiger partial charge in [-0.2, -0.15) is 0 Å². The van der Waals surface area contributed by atoms with Crippen molar-refractivity contribution in [1.82, 2.24) is 14.9 Å². The highest BCUT2D eigenvalue weighted by Crippen LogP contribution is 2.18. The maximum Gasteiger partial charge on any atom is 0.272 e. The predicted molar refractivity (Wildman–Crippen MR) is 89.6 cm³/mol. The van der Waals surface area contributed by atoms with Crippen molar-refractivity contribution in [2.75, 3.05) is 38.2 Å². The van der Waals surface area contributed by atoms with Crippen LogP contribution in [0.5, 0.6) is 5.75 Å². The normalized spacial score (nSPS) is 14.3. The molecule has 7 nitrogen and oxygen atoms in total. The Bertz CT molecular complexity index is 684. The number of benzene rings is 1. The first-order chi connectivity index (χ1) is 11.8. The Balaban J connectivity index is 1.69. The van der Waals surface area contributed by atoms with Crippen molar-refractivity contribution in [1.29, 1.82) is 0 Å². The van der Waals surface area contributed by atoms with Crippen LogP contribution in [-0.4, -0.2) is 53.7 Å². The molecule has 0 radical (unpaired) electrons. The van der Waals surface area contributed by atoms with Crippen LogP contribution < -0.4 is 10.1 Å². The zero-order valence-corrected chi connectivity index (χ0v) is 13.6. The maximum atomic E-state index is 12.5. The smallest absolute Gasteiger partial charge is 0.272 e. The standard InChI is InChI=1S/C17H20N4O3/c1-2-24-14-5-3-13(4-6-14)19-17-18-8-7-15(20-17)16(22)21-9-11-23-12-10-21/h3-8H,2,9-12H2,1H3,(H,18,19,20). The SMILES string of the molecule is CCOc1ccc(Nc2nccc(C(=O)N3CCOCC3)n2)cc1. The molecule has 0 atom stereocenters. The first-order valence-corrected chi connectivity index (χ1v) is 7.96. The maximum absolute atomic E-state index is 12.5. The highest BCUT2D eigenvalue weighted by molar-refractivity contribution is 5.92. The van der Waals surface area contributed by atoms with Gasteiger partial charge in [0.2, 0.25) is 5.95 Å². The zero-order chi connectivity index (χ0) is 16.8. The van der Waals surface area contributed by atoms with Crippen LogP contribution in [0.15, 0.2) is 36.5 Å². The second-order valence-electron chi connectivity index (χ2n) is 5.25. The Morgan fingerprint density at radius 3 is 2.71 bits per heavy atom. The summed E-state index contributed by atoms with van der Waals surface area (Å²) in [5, 5.41) is 3.10. The van der Waals surface area contributed by atoms with E-state index >= 15 is 0 Å². The molecule has 0 aliphatic carbocycles. The Morgan fingerprint density at radius 2 is 2.00 bits per heavy atom. The molecule has 1 aliphatic heterocycles. The van der Waals surface area contributed by atoms with Gasteiger partial charge in [-0.25, -0.2) is 9.97 Å². The fourth-order valence-electron chi connectivity index (χ4n) is 2.40. The molecule has 1 N–H and O–H groups in total. The largest absolute Gasteiger partial charge is 0.494 e. The third-order valence-corrected chi connectivity index (χ3v) is 3.59. The minimum absolute atomic E-state index is 0.101. The monoisotopic (exact) mass is 328 g/mol. The second kappa shape index (κ2) is 7.74. The number of hydrogen-bond donors (Lipinski definition) is 1. The van der Waals surface area contributed by atoms with E-state index in [0.717, 1.165) is 11.4 Å². The summed E-state index contributed by atoms with van der Waals surface area (Å²) in [6, 6.07) is 9.12. The van der Waals surface area contributed by atoms with Gasteiger partial charge in [0.25, 0.3) is 5.91 Å². The summed E-state index contributed by atoms with van der Waals surface area (Å²) >= 11 is 0. The molecule has 126 valence electrons. The van der Waals surface area contributed by atoms with Gasteiger partial charge in [0.15, 0.2) is 0 Å². The van der Waals surface area contributed by atoms with Crippen molar-refractivity contribution in [2.24, 2.45) is 0 Å². The van der Waals surface area contributed by atoms with Crippen molar-refractivity contribution in [3.8, 4) is 5.75 Å². The number of nitrogens with zero attached hydrogens (tertiary/aromatic N) is 3. The van der Waals surface area contributed by atoms with E-state index in [4.69, 9.17) is 9.47 Å². The highest BCUT2D eigenvalue weighted by Gasteiger charge is 2.20. The number of carbonyl (C=O) groups is 1. The first-order valence-electron chi connectivity index (χ1n) is 7.96. The van der Waals surface area contributed by atoms with Crippen LogP contribution in [0.4, 0.5) is 11.6 Å². The molecule has 0 unspecified atom stereocenters. The number of hydrogen-bond acceptors (Lipinski definition) is 6. The lowest BCUT2D eigenvalue weighted by Gasteiger charge is -2.26. The van der Waals surface area contributed by atoms with Crippen LogP contribution in [0.1, 0.15) is 17.4 Å². The molecular weight excluding hydrogens is 308 g/mol. The minimum Gasteiger partial charge on any atom is -0.494 e. The van der Waals surface area contributed by atoms with Gasteiger partial charge in [-0.05, 0) is 37.3 Å². The van der Waals surface area contributed by atoms with Gasteiger partial charge in [0, 0.05) is 25.0 Å². The summed E-state index contributed by atoms with van der Waals surface area (Å²) < 4.78 is 10.7. The Morgan fingerprint density at radius 1 is 1.25 bits per heavy atom. The number of nitrogens with one attached hydrogen (secondary N) is 1. The molecule has 3 rings (SSSR count). The van der Waals surface area contributed by atoms with Crippen LogP contribution in [0.2, 0.25) is 0 Å². The molecule has 24 heavy (non-hydrogen) atoms. The number of amides is 1. The molecule has 1 aromatic heterocycles. The van der Waals surface area contributed by atoms with Gasteiger partial charge in [0.05, 0.1) is 19.8 Å². The summed E-state index contributed by atoms with van der Waals surface area (Å²) in [5.74, 6) is 1.09. The number of carbonyl (C=O) groups excluding carboxylic acids is 1. The van der Waals surface area contributed by atoms with Gasteiger partial charge in [0.1, 0.15) is 11.4 Å². The summed E-state index contributed by atoms with van der Waals surface area (Å²) in [6.07, 6.45) is 1.58. The van der Waals surface area contributed by atoms with Crippen molar-refractivity contribution >= 4 is 17.5 Å². The Hall–Kier alpha value is -2.67. The lowest BCUT2D eigenvalue weighted by molar-refractivity contribution is 0.0299. The van der Waals surface area contributed by atoms with Gasteiger partial charge in [-0.3, -0.25) is 4.79 Å². The average molecular weight is 328 g/mol. The van der Waals surface area contributed by atoms with E-state index in [1.54, 1.807) is 17.2 Å². The van der Waals surface area contributed by atoms with Crippen LogP contribution in [0.25, 0.3) is 0 Å². The van der Waals surface area contributed by atoms with E-state index in [1.807, 2.05) is 31.2 Å². The highest BCUT2D eigenvalue weighted by atomic mass is 16.5. The third-order valence-electron chi connectivity index (χ3n) is 3.59. The van der Waals surface area contributed by atoms with E-state index in [1.165, 1.54) is 0 Å². The third kappa shape index (κ3) is 3.99. The van der Waals surface area contributed by atoms with E-state index in [-0.39, 0.29) is 5.91 Å². The number of rotatable bonds is 5. The van der Waals surface area contributed by atoms with E-state index in [0.29, 0.717) is 44.6 Å². The summed E-state index contributed by atoms with van der Waals surface area (Å²) in [7, 11) is 0. The molecule has 7 heteroatoms. The second-order valence-corrected chi connectivity index (χ2v) is 5.25. The van der Waals surface area contributed by atoms with Crippen molar-refractivity contribution < 1.29 is 14.3 Å². The van der Waals surface area contributed by atoms with Crippen LogP contribution in [0, 0.1) is 0 Å². The first kappa shape index (κ1) is 16.2. The van der Waals surface area contributed by atoms with E-state index in [9.17, 15) is 4.79 Å². The molecule has 2 aromatic rings. The average Bonchev–Trinajstić information content (AvgIpc) is 2.64. The topological polar surface area (TPSA) is 76.6 Å². The molecule has 0 spiro atoms. The number of anilines is 2. The van der Waals surface area contributed by atoms with Crippen molar-refractivity contribution in [3.05, 3.63) is 42.2 Å². The van der Waals surface area contributed by atoms with Gasteiger partial charge in [-0.15, -0.1) is 0 Å². The molecule has 2 heterocycles. The summed E-state index contributed by atoms with van der Waals surface area (Å²) in [6.45, 7) is 4.87. The number of ether oxygens (including phenoxy) is 2. The molecule has 0 bridgehead atoms. The molecule has 1 fully saturated rings. The molecule has 0 saturated carbocycles. The van der Waals surface area contributed by atoms with Gasteiger partial charge >= 0.3 is 0 Å². The number of morpholine rings is 1. The van der Waals surface area contributed by atoms with E-state index < -0.39 is 0 Å². The summed E-state index contributed by atoms with van der Waals surface area (Å²) in [5.41, 5.74) is 1.20. The Kier molecular flexibility index (Phi) is 5.22. The molecule has 1 saturated heterocycles. The van der Waals surface area contributed by atoms with Crippen LogP contribution in [0.3, 0.4) is 0 Å².